The predicted octanol–water partition coefficient (Wildman–Crippen LogP) is 1.90. The number of hydrogen-bond acceptors (Lipinski definition) is 3. The normalized spacial score (nSPS) is 19.1. The zero-order valence-electron chi connectivity index (χ0n) is 14.1. The van der Waals surface area contributed by atoms with Crippen molar-refractivity contribution >= 4 is 22.6 Å². The van der Waals surface area contributed by atoms with Crippen molar-refractivity contribution < 1.29 is 14.7 Å². The van der Waals surface area contributed by atoms with E-state index in [1.54, 1.807) is 4.90 Å². The lowest BCUT2D eigenvalue weighted by molar-refractivity contribution is -0.147. The molecule has 0 saturated carbocycles. The number of carbonyl (C=O) groups is 2. The average Bonchev–Trinajstić information content (AvgIpc) is 2.64. The number of benzene rings is 2. The molecule has 4 rings (SSSR count). The van der Waals surface area contributed by atoms with Crippen molar-refractivity contribution in [2.24, 2.45) is 5.92 Å². The molecule has 2 aromatic rings. The number of nitrogens with zero attached hydrogens (tertiary/aromatic N) is 2. The van der Waals surface area contributed by atoms with Gasteiger partial charge in [-0.15, -0.1) is 0 Å². The Balaban J connectivity index is 1.43. The number of carbonyl (C=O) groups excluding carboxylic acids is 2. The van der Waals surface area contributed by atoms with Crippen LogP contribution in [0.3, 0.4) is 0 Å². The number of likely N-dealkylation sites (tertiary alicyclic amines) is 2. The number of β-amino-alcohol motifs (C(OH)–C–C–N with tert-alkyl or cyclic N) is 1. The van der Waals surface area contributed by atoms with Crippen LogP contribution in [-0.4, -0.2) is 59.0 Å². The third-order valence-electron chi connectivity index (χ3n) is 5.33. The Kier molecular flexibility index (Phi) is 4.17. The minimum atomic E-state index is -0.364. The lowest BCUT2D eigenvalue weighted by Gasteiger charge is -2.40. The summed E-state index contributed by atoms with van der Waals surface area (Å²) in [6, 6.07) is 13.7. The van der Waals surface area contributed by atoms with Crippen molar-refractivity contribution in [3.8, 4) is 0 Å². The van der Waals surface area contributed by atoms with E-state index in [1.807, 2.05) is 47.4 Å². The van der Waals surface area contributed by atoms with Crippen LogP contribution in [0.15, 0.2) is 42.5 Å². The van der Waals surface area contributed by atoms with Gasteiger partial charge in [0.1, 0.15) is 0 Å². The van der Waals surface area contributed by atoms with Crippen LogP contribution in [0.4, 0.5) is 0 Å². The number of aliphatic hydroxyl groups excluding tert-OH is 1. The molecule has 1 N–H and O–H groups in total. The van der Waals surface area contributed by atoms with Gasteiger partial charge in [-0.3, -0.25) is 9.59 Å². The molecule has 0 radical (unpaired) electrons. The van der Waals surface area contributed by atoms with Crippen LogP contribution in [0, 0.1) is 5.92 Å². The van der Waals surface area contributed by atoms with E-state index in [0.29, 0.717) is 39.0 Å². The highest BCUT2D eigenvalue weighted by molar-refractivity contribution is 6.07. The second-order valence-corrected chi connectivity index (χ2v) is 6.99. The molecule has 2 heterocycles. The SMILES string of the molecule is O=C(c1cccc2ccccc12)N1CCC(C(=O)N2CC(O)C2)CC1. The first-order valence-electron chi connectivity index (χ1n) is 8.87. The molecule has 2 fully saturated rings. The zero-order valence-corrected chi connectivity index (χ0v) is 14.1. The number of piperidine rings is 1. The van der Waals surface area contributed by atoms with E-state index in [-0.39, 0.29) is 23.8 Å². The van der Waals surface area contributed by atoms with Gasteiger partial charge in [0.2, 0.25) is 5.91 Å². The van der Waals surface area contributed by atoms with Crippen molar-refractivity contribution in [2.45, 2.75) is 18.9 Å². The number of aliphatic hydroxyl groups is 1. The van der Waals surface area contributed by atoms with E-state index in [0.717, 1.165) is 16.3 Å². The Morgan fingerprint density at radius 1 is 0.920 bits per heavy atom. The lowest BCUT2D eigenvalue weighted by Crippen LogP contribution is -2.56. The molecule has 0 unspecified atom stereocenters. The maximum absolute atomic E-state index is 12.9. The molecule has 25 heavy (non-hydrogen) atoms. The first-order valence-corrected chi connectivity index (χ1v) is 8.87. The third-order valence-corrected chi connectivity index (χ3v) is 5.33. The fraction of sp³-hybridized carbons (Fsp3) is 0.400. The highest BCUT2D eigenvalue weighted by atomic mass is 16.3. The Hall–Kier alpha value is -2.40. The fourth-order valence-corrected chi connectivity index (χ4v) is 3.81. The Morgan fingerprint density at radius 2 is 1.60 bits per heavy atom. The summed E-state index contributed by atoms with van der Waals surface area (Å²) in [6.45, 7) is 2.12. The third kappa shape index (κ3) is 3.00. The van der Waals surface area contributed by atoms with E-state index in [4.69, 9.17) is 0 Å². The van der Waals surface area contributed by atoms with E-state index in [1.165, 1.54) is 0 Å². The fourth-order valence-electron chi connectivity index (χ4n) is 3.81. The van der Waals surface area contributed by atoms with Crippen molar-refractivity contribution in [3.05, 3.63) is 48.0 Å². The van der Waals surface area contributed by atoms with Crippen LogP contribution >= 0.6 is 0 Å². The largest absolute Gasteiger partial charge is 0.389 e. The van der Waals surface area contributed by atoms with Crippen molar-refractivity contribution in [1.29, 1.82) is 0 Å². The topological polar surface area (TPSA) is 60.9 Å². The summed E-state index contributed by atoms with van der Waals surface area (Å²) in [4.78, 5) is 28.9. The van der Waals surface area contributed by atoms with Crippen LogP contribution in [0.2, 0.25) is 0 Å². The molecule has 2 aromatic carbocycles. The van der Waals surface area contributed by atoms with Crippen molar-refractivity contribution in [2.75, 3.05) is 26.2 Å². The highest BCUT2D eigenvalue weighted by Gasteiger charge is 2.35. The molecule has 0 spiro atoms. The Bertz CT molecular complexity index is 800. The van der Waals surface area contributed by atoms with Gasteiger partial charge >= 0.3 is 0 Å². The zero-order chi connectivity index (χ0) is 17.4. The van der Waals surface area contributed by atoms with Gasteiger partial charge in [0, 0.05) is 37.7 Å². The highest BCUT2D eigenvalue weighted by Crippen LogP contribution is 2.25. The van der Waals surface area contributed by atoms with Gasteiger partial charge in [-0.2, -0.15) is 0 Å². The van der Waals surface area contributed by atoms with Crippen LogP contribution in [0.25, 0.3) is 10.8 Å². The summed E-state index contributed by atoms with van der Waals surface area (Å²) in [5.41, 5.74) is 0.730. The van der Waals surface area contributed by atoms with Crippen LogP contribution < -0.4 is 0 Å². The van der Waals surface area contributed by atoms with E-state index in [2.05, 4.69) is 0 Å². The summed E-state index contributed by atoms with van der Waals surface area (Å²) in [7, 11) is 0. The lowest BCUT2D eigenvalue weighted by atomic mass is 9.93. The van der Waals surface area contributed by atoms with E-state index in [9.17, 15) is 14.7 Å². The second kappa shape index (κ2) is 6.48. The first kappa shape index (κ1) is 16.1. The maximum atomic E-state index is 12.9. The van der Waals surface area contributed by atoms with Crippen LogP contribution in [0.5, 0.6) is 0 Å². The first-order chi connectivity index (χ1) is 12.1. The van der Waals surface area contributed by atoms with Crippen molar-refractivity contribution in [1.82, 2.24) is 9.80 Å². The molecule has 2 aliphatic rings. The molecule has 0 aliphatic carbocycles. The molecular formula is C20H22N2O3. The number of fused-ring (bicyclic) bond motifs is 1. The molecule has 5 nitrogen and oxygen atoms in total. The summed E-state index contributed by atoms with van der Waals surface area (Å²) in [6.07, 6.45) is 1.03. The minimum absolute atomic E-state index is 0.0240. The average molecular weight is 338 g/mol. The molecule has 2 aliphatic heterocycles. The van der Waals surface area contributed by atoms with Gasteiger partial charge in [0.25, 0.3) is 5.91 Å². The van der Waals surface area contributed by atoms with Gasteiger partial charge in [0.05, 0.1) is 6.10 Å². The number of hydrogen-bond donors (Lipinski definition) is 1. The molecule has 0 bridgehead atoms. The van der Waals surface area contributed by atoms with Gasteiger partial charge in [-0.1, -0.05) is 36.4 Å². The number of rotatable bonds is 2. The monoisotopic (exact) mass is 338 g/mol. The van der Waals surface area contributed by atoms with E-state index >= 15 is 0 Å². The maximum Gasteiger partial charge on any atom is 0.254 e. The van der Waals surface area contributed by atoms with Gasteiger partial charge in [-0.05, 0) is 29.7 Å². The smallest absolute Gasteiger partial charge is 0.254 e. The molecule has 0 atom stereocenters. The predicted molar refractivity (Wildman–Crippen MR) is 95.2 cm³/mol. The molecule has 130 valence electrons. The second-order valence-electron chi connectivity index (χ2n) is 6.99. The minimum Gasteiger partial charge on any atom is -0.389 e. The quantitative estimate of drug-likeness (QED) is 0.910. The molecule has 2 saturated heterocycles. The standard InChI is InChI=1S/C20H22N2O3/c23-16-12-22(13-16)19(24)15-8-10-21(11-9-15)20(25)18-7-3-5-14-4-1-2-6-17(14)18/h1-7,15-16,23H,8-13H2. The molecule has 0 aromatic heterocycles. The van der Waals surface area contributed by atoms with Gasteiger partial charge < -0.3 is 14.9 Å². The van der Waals surface area contributed by atoms with Gasteiger partial charge in [-0.25, -0.2) is 0 Å². The summed E-state index contributed by atoms with van der Waals surface area (Å²) >= 11 is 0. The molecule has 2 amide bonds. The summed E-state index contributed by atoms with van der Waals surface area (Å²) in [5.74, 6) is 0.147. The number of amides is 2. The van der Waals surface area contributed by atoms with Crippen molar-refractivity contribution in [3.63, 3.8) is 0 Å². The van der Waals surface area contributed by atoms with Crippen LogP contribution in [-0.2, 0) is 4.79 Å². The van der Waals surface area contributed by atoms with Crippen LogP contribution in [0.1, 0.15) is 23.2 Å². The summed E-state index contributed by atoms with van der Waals surface area (Å²) < 4.78 is 0. The van der Waals surface area contributed by atoms with Gasteiger partial charge in [0.15, 0.2) is 0 Å². The molecular weight excluding hydrogens is 316 g/mol. The summed E-state index contributed by atoms with van der Waals surface area (Å²) in [5, 5.41) is 11.4. The Morgan fingerprint density at radius 3 is 2.32 bits per heavy atom. The molecule has 5 heteroatoms. The van der Waals surface area contributed by atoms with E-state index < -0.39 is 0 Å². The Labute approximate surface area is 146 Å².